The van der Waals surface area contributed by atoms with Gasteiger partial charge in [0.2, 0.25) is 0 Å². The first kappa shape index (κ1) is 17.7. The van der Waals surface area contributed by atoms with Crippen molar-refractivity contribution in [2.45, 2.75) is 58.8 Å². The molecule has 0 aliphatic carbocycles. The zero-order chi connectivity index (χ0) is 13.6. The summed E-state index contributed by atoms with van der Waals surface area (Å²) in [6.07, 6.45) is 6.84. The van der Waals surface area contributed by atoms with E-state index in [1.54, 1.807) is 0 Å². The summed E-state index contributed by atoms with van der Waals surface area (Å²) < 4.78 is 21.6. The largest absolute Gasteiger partial charge is 0.466 e. The van der Waals surface area contributed by atoms with Crippen LogP contribution in [0.3, 0.4) is 0 Å². The van der Waals surface area contributed by atoms with E-state index in [0.29, 0.717) is 19.4 Å². The maximum absolute atomic E-state index is 11.5. The third-order valence-electron chi connectivity index (χ3n) is 2.56. The second-order valence-electron chi connectivity index (χ2n) is 4.36. The molecule has 1 atom stereocenters. The number of ether oxygens (including phenoxy) is 1. The molecule has 0 radical (unpaired) electrons. The van der Waals surface area contributed by atoms with Crippen LogP contribution < -0.4 is 0 Å². The van der Waals surface area contributed by atoms with E-state index in [1.165, 1.54) is 12.8 Å². The number of esters is 1. The first-order valence-corrected chi connectivity index (χ1v) is 8.54. The van der Waals surface area contributed by atoms with Crippen molar-refractivity contribution in [3.05, 3.63) is 0 Å². The molecular formula is C13H27O4P. The molecule has 0 saturated heterocycles. The molecule has 0 amide bonds. The van der Waals surface area contributed by atoms with Gasteiger partial charge in [-0.2, -0.15) is 0 Å². The minimum Gasteiger partial charge on any atom is -0.466 e. The number of rotatable bonds is 12. The lowest BCUT2D eigenvalue weighted by molar-refractivity contribution is -0.143. The van der Waals surface area contributed by atoms with Crippen molar-refractivity contribution in [3.8, 4) is 0 Å². The SMILES string of the molecule is CCCCCCO[PH](=O)CCC(=O)OCCCC. The molecule has 18 heavy (non-hydrogen) atoms. The minimum absolute atomic E-state index is 0.205. The molecule has 0 spiro atoms. The molecule has 0 fully saturated rings. The summed E-state index contributed by atoms with van der Waals surface area (Å²) in [4.78, 5) is 11.2. The Morgan fingerprint density at radius 3 is 2.39 bits per heavy atom. The fourth-order valence-corrected chi connectivity index (χ4v) is 2.32. The van der Waals surface area contributed by atoms with E-state index in [2.05, 4.69) is 6.92 Å². The molecule has 0 saturated carbocycles. The summed E-state index contributed by atoms with van der Waals surface area (Å²) in [5, 5.41) is 0. The lowest BCUT2D eigenvalue weighted by Crippen LogP contribution is -2.06. The predicted octanol–water partition coefficient (Wildman–Crippen LogP) is 3.79. The first-order chi connectivity index (χ1) is 8.70. The van der Waals surface area contributed by atoms with Crippen molar-refractivity contribution in [1.82, 2.24) is 0 Å². The maximum Gasteiger partial charge on any atom is 0.306 e. The standard InChI is InChI=1S/C13H27O4P/c1-3-5-7-8-11-17-18(15)12-9-13(14)16-10-6-4-2/h18H,3-12H2,1-2H3. The third-order valence-corrected chi connectivity index (χ3v) is 3.74. The summed E-state index contributed by atoms with van der Waals surface area (Å²) in [5.74, 6) is -0.267. The van der Waals surface area contributed by atoms with Gasteiger partial charge in [-0.15, -0.1) is 0 Å². The quantitative estimate of drug-likeness (QED) is 0.309. The van der Waals surface area contributed by atoms with Crippen molar-refractivity contribution >= 4 is 14.0 Å². The Labute approximate surface area is 111 Å². The van der Waals surface area contributed by atoms with Crippen LogP contribution in [0.4, 0.5) is 0 Å². The smallest absolute Gasteiger partial charge is 0.306 e. The van der Waals surface area contributed by atoms with Gasteiger partial charge in [0.1, 0.15) is 0 Å². The molecule has 4 nitrogen and oxygen atoms in total. The van der Waals surface area contributed by atoms with Crippen molar-refractivity contribution in [2.24, 2.45) is 0 Å². The Morgan fingerprint density at radius 1 is 1.00 bits per heavy atom. The molecule has 0 N–H and O–H groups in total. The molecule has 0 aliphatic rings. The fourth-order valence-electron chi connectivity index (χ4n) is 1.39. The van der Waals surface area contributed by atoms with Gasteiger partial charge in [-0.25, -0.2) is 0 Å². The number of unbranched alkanes of at least 4 members (excludes halogenated alkanes) is 4. The van der Waals surface area contributed by atoms with Crippen molar-refractivity contribution in [3.63, 3.8) is 0 Å². The molecule has 0 heterocycles. The Balaban J connectivity index is 3.37. The van der Waals surface area contributed by atoms with Crippen LogP contribution in [0.5, 0.6) is 0 Å². The number of hydrogen-bond acceptors (Lipinski definition) is 4. The third kappa shape index (κ3) is 12.1. The van der Waals surface area contributed by atoms with Crippen LogP contribution in [0.15, 0.2) is 0 Å². The van der Waals surface area contributed by atoms with E-state index >= 15 is 0 Å². The van der Waals surface area contributed by atoms with Gasteiger partial charge in [-0.1, -0.05) is 39.5 Å². The van der Waals surface area contributed by atoms with Crippen LogP contribution in [0.25, 0.3) is 0 Å². The average molecular weight is 278 g/mol. The second-order valence-corrected chi connectivity index (χ2v) is 5.89. The molecule has 0 aromatic carbocycles. The summed E-state index contributed by atoms with van der Waals surface area (Å²) in [6, 6.07) is 0. The van der Waals surface area contributed by atoms with Crippen LogP contribution in [0, 0.1) is 0 Å². The Kier molecular flexibility index (Phi) is 12.9. The van der Waals surface area contributed by atoms with Crippen molar-refractivity contribution in [2.75, 3.05) is 19.4 Å². The molecule has 5 heteroatoms. The zero-order valence-corrected chi connectivity index (χ0v) is 12.7. The lowest BCUT2D eigenvalue weighted by atomic mass is 10.2. The molecule has 0 aromatic heterocycles. The summed E-state index contributed by atoms with van der Waals surface area (Å²) in [6.45, 7) is 5.20. The Morgan fingerprint density at radius 2 is 1.72 bits per heavy atom. The monoisotopic (exact) mass is 278 g/mol. The summed E-state index contributed by atoms with van der Waals surface area (Å²) in [7, 11) is -2.05. The van der Waals surface area contributed by atoms with Gasteiger partial charge >= 0.3 is 5.97 Å². The highest BCUT2D eigenvalue weighted by molar-refractivity contribution is 7.39. The van der Waals surface area contributed by atoms with Gasteiger partial charge in [0, 0.05) is 6.16 Å². The number of hydrogen-bond donors (Lipinski definition) is 0. The van der Waals surface area contributed by atoms with E-state index in [4.69, 9.17) is 9.26 Å². The molecule has 108 valence electrons. The normalized spacial score (nSPS) is 12.3. The van der Waals surface area contributed by atoms with E-state index in [1.807, 2.05) is 6.92 Å². The lowest BCUT2D eigenvalue weighted by Gasteiger charge is -2.05. The van der Waals surface area contributed by atoms with Crippen LogP contribution in [-0.4, -0.2) is 25.3 Å². The van der Waals surface area contributed by atoms with Gasteiger partial charge < -0.3 is 9.26 Å². The molecular weight excluding hydrogens is 251 g/mol. The molecule has 1 unspecified atom stereocenters. The van der Waals surface area contributed by atoms with Gasteiger partial charge in [-0.05, 0) is 12.8 Å². The molecule has 0 aliphatic heterocycles. The fraction of sp³-hybridized carbons (Fsp3) is 0.923. The van der Waals surface area contributed by atoms with Crippen LogP contribution in [-0.2, 0) is 18.6 Å². The van der Waals surface area contributed by atoms with Crippen LogP contribution >= 0.6 is 8.03 Å². The zero-order valence-electron chi connectivity index (χ0n) is 11.7. The highest BCUT2D eigenvalue weighted by Crippen LogP contribution is 2.23. The van der Waals surface area contributed by atoms with Crippen LogP contribution in [0.1, 0.15) is 58.8 Å². The number of carbonyl (C=O) groups excluding carboxylic acids is 1. The van der Waals surface area contributed by atoms with Gasteiger partial charge in [0.15, 0.2) is 8.03 Å². The van der Waals surface area contributed by atoms with Gasteiger partial charge in [-0.3, -0.25) is 9.36 Å². The van der Waals surface area contributed by atoms with E-state index < -0.39 is 8.03 Å². The average Bonchev–Trinajstić information content (AvgIpc) is 2.36. The summed E-state index contributed by atoms with van der Waals surface area (Å²) >= 11 is 0. The second kappa shape index (κ2) is 13.1. The number of carbonyl (C=O) groups is 1. The topological polar surface area (TPSA) is 52.6 Å². The van der Waals surface area contributed by atoms with Crippen molar-refractivity contribution in [1.29, 1.82) is 0 Å². The van der Waals surface area contributed by atoms with Gasteiger partial charge in [0.25, 0.3) is 0 Å². The van der Waals surface area contributed by atoms with Gasteiger partial charge in [0.05, 0.1) is 19.6 Å². The Bertz CT molecular complexity index is 231. The van der Waals surface area contributed by atoms with Crippen molar-refractivity contribution < 1.29 is 18.6 Å². The molecule has 0 rings (SSSR count). The highest BCUT2D eigenvalue weighted by atomic mass is 31.1. The predicted molar refractivity (Wildman–Crippen MR) is 74.4 cm³/mol. The maximum atomic E-state index is 11.5. The highest BCUT2D eigenvalue weighted by Gasteiger charge is 2.06. The first-order valence-electron chi connectivity index (χ1n) is 7.02. The molecule has 0 bridgehead atoms. The van der Waals surface area contributed by atoms with E-state index in [9.17, 15) is 9.36 Å². The Hall–Kier alpha value is -0.340. The summed E-state index contributed by atoms with van der Waals surface area (Å²) in [5.41, 5.74) is 0. The van der Waals surface area contributed by atoms with Crippen LogP contribution in [0.2, 0.25) is 0 Å². The van der Waals surface area contributed by atoms with E-state index in [-0.39, 0.29) is 12.4 Å². The molecule has 0 aromatic rings. The van der Waals surface area contributed by atoms with E-state index in [0.717, 1.165) is 25.7 Å². The minimum atomic E-state index is -2.05.